The number of hydrogen-bond acceptors (Lipinski definition) is 6. The number of rotatable bonds is 17. The standard InChI is InChI=1S/C18H26N2O2.C10H20N2O3.C7H10/c1-5-10-19-17-15(4)8-7-9-16(17)18(22)20(11-12-21)13-14(3)6-2;1-8(4-9(14)12-15)5-10(2,3)6-11-7-13;1-4-6-7(3)5-2/h5,7-10,14,21H,1,6,11-13H2,2-4H3;7-8,15H,4-6H2,1-3H3,(H,11,13)(H,12,14);4-6H,1-2H2,3H3/b;;7-6-. The molecule has 0 saturated heterocycles. The van der Waals surface area contributed by atoms with Crippen LogP contribution in [0.25, 0.3) is 0 Å². The summed E-state index contributed by atoms with van der Waals surface area (Å²) in [5.41, 5.74) is 4.89. The lowest BCUT2D eigenvalue weighted by Gasteiger charge is -2.27. The zero-order valence-electron chi connectivity index (χ0n) is 27.9. The number of carbonyl (C=O) groups is 3. The second-order valence-electron chi connectivity index (χ2n) is 11.5. The highest BCUT2D eigenvalue weighted by molar-refractivity contribution is 6.00. The minimum atomic E-state index is -0.373. The van der Waals surface area contributed by atoms with Crippen LogP contribution in [0.5, 0.6) is 0 Å². The zero-order chi connectivity index (χ0) is 34.1. The number of hydrogen-bond donors (Lipinski definition) is 4. The van der Waals surface area contributed by atoms with Gasteiger partial charge in [-0.05, 0) is 49.1 Å². The number of benzene rings is 1. The Morgan fingerprint density at radius 2 is 1.80 bits per heavy atom. The molecule has 0 aliphatic rings. The van der Waals surface area contributed by atoms with Crippen molar-refractivity contribution in [3.63, 3.8) is 0 Å². The van der Waals surface area contributed by atoms with Crippen molar-refractivity contribution < 1.29 is 24.7 Å². The van der Waals surface area contributed by atoms with Gasteiger partial charge in [-0.3, -0.25) is 24.6 Å². The minimum Gasteiger partial charge on any atom is -0.395 e. The molecule has 1 rings (SSSR count). The zero-order valence-corrected chi connectivity index (χ0v) is 27.9. The molecule has 3 amide bonds. The Hall–Kier alpha value is -3.82. The predicted octanol–water partition coefficient (Wildman–Crippen LogP) is 6.35. The van der Waals surface area contributed by atoms with Gasteiger partial charge in [0, 0.05) is 32.3 Å². The highest BCUT2D eigenvalue weighted by Crippen LogP contribution is 2.26. The Kier molecular flexibility index (Phi) is 23.7. The molecule has 0 aliphatic heterocycles. The van der Waals surface area contributed by atoms with E-state index in [0.717, 1.165) is 24.0 Å². The first-order valence-corrected chi connectivity index (χ1v) is 14.9. The van der Waals surface area contributed by atoms with Gasteiger partial charge in [0.2, 0.25) is 12.3 Å². The van der Waals surface area contributed by atoms with Crippen molar-refractivity contribution >= 4 is 30.1 Å². The number of allylic oxidation sites excluding steroid dienone is 5. The third-order valence-electron chi connectivity index (χ3n) is 6.59. The van der Waals surface area contributed by atoms with Gasteiger partial charge in [-0.1, -0.05) is 103 Å². The summed E-state index contributed by atoms with van der Waals surface area (Å²) in [7, 11) is 0. The third-order valence-corrected chi connectivity index (χ3v) is 6.59. The van der Waals surface area contributed by atoms with Crippen LogP contribution >= 0.6 is 0 Å². The van der Waals surface area contributed by atoms with E-state index in [0.29, 0.717) is 49.6 Å². The van der Waals surface area contributed by atoms with Crippen LogP contribution in [0.2, 0.25) is 0 Å². The highest BCUT2D eigenvalue weighted by Gasteiger charge is 2.22. The number of para-hydroxylation sites is 1. The van der Waals surface area contributed by atoms with Crippen molar-refractivity contribution in [2.45, 2.75) is 67.7 Å². The second kappa shape index (κ2) is 24.6. The van der Waals surface area contributed by atoms with Gasteiger partial charge in [0.1, 0.15) is 0 Å². The first-order valence-electron chi connectivity index (χ1n) is 14.9. The van der Waals surface area contributed by atoms with E-state index in [4.69, 9.17) is 5.21 Å². The number of nitrogens with zero attached hydrogens (tertiary/aromatic N) is 2. The quantitative estimate of drug-likeness (QED) is 0.0535. The Balaban J connectivity index is 0. The van der Waals surface area contributed by atoms with Crippen LogP contribution < -0.4 is 10.8 Å². The number of amides is 3. The lowest BCUT2D eigenvalue weighted by Crippen LogP contribution is -2.37. The van der Waals surface area contributed by atoms with Crippen LogP contribution in [0.1, 0.15) is 76.7 Å². The fourth-order valence-electron chi connectivity index (χ4n) is 4.22. The van der Waals surface area contributed by atoms with Crippen LogP contribution in [0.4, 0.5) is 5.69 Å². The van der Waals surface area contributed by atoms with Crippen molar-refractivity contribution in [2.24, 2.45) is 22.2 Å². The monoisotopic (exact) mass is 612 g/mol. The molecular formula is C35H56N4O5. The summed E-state index contributed by atoms with van der Waals surface area (Å²) >= 11 is 0. The van der Waals surface area contributed by atoms with Crippen LogP contribution in [-0.4, -0.2) is 65.9 Å². The maximum absolute atomic E-state index is 12.8. The molecule has 2 atom stereocenters. The molecule has 4 N–H and O–H groups in total. The van der Waals surface area contributed by atoms with Crippen LogP contribution in [0.3, 0.4) is 0 Å². The SMILES string of the molecule is C=C/C=C(/C)C=C.C=CC=Nc1c(C)cccc1C(=O)N(CCO)CC(C)CC.CC(CC(=O)NO)CC(C)(C)CNC=O. The lowest BCUT2D eigenvalue weighted by molar-refractivity contribution is -0.130. The van der Waals surface area contributed by atoms with E-state index in [1.54, 1.807) is 40.9 Å². The van der Waals surface area contributed by atoms with Gasteiger partial charge < -0.3 is 15.3 Å². The van der Waals surface area contributed by atoms with E-state index >= 15 is 0 Å². The molecule has 2 unspecified atom stereocenters. The molecular weight excluding hydrogens is 556 g/mol. The second-order valence-corrected chi connectivity index (χ2v) is 11.5. The molecule has 1 aromatic carbocycles. The summed E-state index contributed by atoms with van der Waals surface area (Å²) < 4.78 is 0. The van der Waals surface area contributed by atoms with Crippen molar-refractivity contribution in [2.75, 3.05) is 26.2 Å². The number of nitrogens with one attached hydrogen (secondary N) is 2. The molecule has 246 valence electrons. The molecule has 9 heteroatoms. The van der Waals surface area contributed by atoms with E-state index in [-0.39, 0.29) is 29.8 Å². The summed E-state index contributed by atoms with van der Waals surface area (Å²) in [4.78, 5) is 39.9. The Morgan fingerprint density at radius 1 is 1.14 bits per heavy atom. The normalized spacial score (nSPS) is 12.3. The fourth-order valence-corrected chi connectivity index (χ4v) is 4.22. The summed E-state index contributed by atoms with van der Waals surface area (Å²) in [6.07, 6.45) is 11.4. The smallest absolute Gasteiger partial charge is 0.256 e. The molecule has 0 bridgehead atoms. The predicted molar refractivity (Wildman–Crippen MR) is 182 cm³/mol. The van der Waals surface area contributed by atoms with Crippen molar-refractivity contribution in [1.29, 1.82) is 0 Å². The van der Waals surface area contributed by atoms with Crippen LogP contribution in [0.15, 0.2) is 72.8 Å². The first-order chi connectivity index (χ1) is 20.8. The fraction of sp³-hybridized carbons (Fsp3) is 0.486. The van der Waals surface area contributed by atoms with E-state index in [1.165, 1.54) is 0 Å². The third kappa shape index (κ3) is 19.4. The van der Waals surface area contributed by atoms with E-state index in [2.05, 4.69) is 43.9 Å². The van der Waals surface area contributed by atoms with Crippen LogP contribution in [-0.2, 0) is 9.59 Å². The Morgan fingerprint density at radius 3 is 2.27 bits per heavy atom. The molecule has 0 fully saturated rings. The van der Waals surface area contributed by atoms with Gasteiger partial charge >= 0.3 is 0 Å². The number of aliphatic hydroxyl groups is 1. The van der Waals surface area contributed by atoms with Gasteiger partial charge in [0.15, 0.2) is 0 Å². The molecule has 0 heterocycles. The Bertz CT molecular complexity index is 1090. The van der Waals surface area contributed by atoms with Crippen LogP contribution in [0, 0.1) is 24.2 Å². The summed E-state index contributed by atoms with van der Waals surface area (Å²) in [5, 5.41) is 20.2. The molecule has 0 aromatic heterocycles. The summed E-state index contributed by atoms with van der Waals surface area (Å²) in [5.74, 6) is 0.0944. The number of aryl methyl sites for hydroxylation is 1. The minimum absolute atomic E-state index is 0.0424. The molecule has 0 spiro atoms. The maximum atomic E-state index is 12.8. The number of carbonyl (C=O) groups excluding carboxylic acids is 3. The maximum Gasteiger partial charge on any atom is 0.256 e. The molecule has 9 nitrogen and oxygen atoms in total. The van der Waals surface area contributed by atoms with E-state index in [9.17, 15) is 19.5 Å². The van der Waals surface area contributed by atoms with Gasteiger partial charge in [-0.2, -0.15) is 0 Å². The summed E-state index contributed by atoms with van der Waals surface area (Å²) in [6, 6.07) is 5.57. The van der Waals surface area contributed by atoms with Crippen molar-refractivity contribution in [3.8, 4) is 0 Å². The van der Waals surface area contributed by atoms with E-state index in [1.807, 2.05) is 52.8 Å². The molecule has 1 aromatic rings. The van der Waals surface area contributed by atoms with Gasteiger partial charge in [0.25, 0.3) is 5.91 Å². The summed E-state index contributed by atoms with van der Waals surface area (Å²) in [6.45, 7) is 26.3. The highest BCUT2D eigenvalue weighted by atomic mass is 16.5. The Labute approximate surface area is 265 Å². The van der Waals surface area contributed by atoms with Gasteiger partial charge in [-0.15, -0.1) is 0 Å². The van der Waals surface area contributed by atoms with Crippen molar-refractivity contribution in [3.05, 3.63) is 78.9 Å². The lowest BCUT2D eigenvalue weighted by atomic mass is 9.82. The number of aliphatic hydroxyl groups excluding tert-OH is 1. The van der Waals surface area contributed by atoms with E-state index < -0.39 is 0 Å². The molecule has 0 radical (unpaired) electrons. The van der Waals surface area contributed by atoms with Gasteiger partial charge in [0.05, 0.1) is 17.9 Å². The average molecular weight is 613 g/mol. The molecule has 0 saturated carbocycles. The van der Waals surface area contributed by atoms with Crippen molar-refractivity contribution in [1.82, 2.24) is 15.7 Å². The first kappa shape index (κ1) is 42.3. The van der Waals surface area contributed by atoms with Gasteiger partial charge in [-0.25, -0.2) is 5.48 Å². The molecule has 44 heavy (non-hydrogen) atoms. The largest absolute Gasteiger partial charge is 0.395 e. The average Bonchev–Trinajstić information content (AvgIpc) is 2.99. The molecule has 0 aliphatic carbocycles. The number of hydroxylamine groups is 1. The topological polar surface area (TPSA) is 131 Å². The number of aliphatic imine (C=N–C) groups is 1.